The minimum absolute atomic E-state index is 0.317. The molecule has 1 nitrogen and oxygen atoms in total. The number of hydrogen-bond donors (Lipinski definition) is 1. The topological polar surface area (TPSA) is 20.2 Å². The Labute approximate surface area is 106 Å². The molecule has 1 aromatic carbocycles. The Morgan fingerprint density at radius 1 is 1.12 bits per heavy atom. The Morgan fingerprint density at radius 2 is 1.65 bits per heavy atom. The van der Waals surface area contributed by atoms with Crippen molar-refractivity contribution in [3.8, 4) is 0 Å². The lowest BCUT2D eigenvalue weighted by atomic mass is 9.75. The molecule has 0 amide bonds. The van der Waals surface area contributed by atoms with Crippen LogP contribution in [0.25, 0.3) is 0 Å². The number of hydrogen-bond acceptors (Lipinski definition) is 1. The molecule has 0 bridgehead atoms. The van der Waals surface area contributed by atoms with Crippen LogP contribution in [-0.2, 0) is 5.60 Å². The van der Waals surface area contributed by atoms with Crippen LogP contribution in [0.5, 0.6) is 0 Å². The molecule has 0 saturated heterocycles. The minimum Gasteiger partial charge on any atom is -0.385 e. The molecule has 0 aromatic heterocycles. The molecule has 1 unspecified atom stereocenters. The lowest BCUT2D eigenvalue weighted by Crippen LogP contribution is -2.34. The van der Waals surface area contributed by atoms with E-state index in [9.17, 15) is 5.11 Å². The van der Waals surface area contributed by atoms with E-state index in [2.05, 4.69) is 20.8 Å². The molecule has 0 spiro atoms. The zero-order valence-corrected chi connectivity index (χ0v) is 11.2. The van der Waals surface area contributed by atoms with Crippen LogP contribution in [0.2, 0.25) is 0 Å². The van der Waals surface area contributed by atoms with E-state index in [1.54, 1.807) is 0 Å². The third-order valence-electron chi connectivity index (χ3n) is 3.60. The molecular formula is C16H25O. The number of benzene rings is 1. The van der Waals surface area contributed by atoms with Crippen molar-refractivity contribution in [1.82, 2.24) is 0 Å². The zero-order chi connectivity index (χ0) is 12.7. The van der Waals surface area contributed by atoms with Gasteiger partial charge in [0.15, 0.2) is 0 Å². The first-order chi connectivity index (χ1) is 8.19. The van der Waals surface area contributed by atoms with Crippen molar-refractivity contribution in [2.75, 3.05) is 0 Å². The maximum Gasteiger partial charge on any atom is 0.0924 e. The Morgan fingerprint density at radius 3 is 2.06 bits per heavy atom. The van der Waals surface area contributed by atoms with Gasteiger partial charge in [0, 0.05) is 0 Å². The van der Waals surface area contributed by atoms with Gasteiger partial charge in [0.1, 0.15) is 0 Å². The molecule has 0 aliphatic carbocycles. The van der Waals surface area contributed by atoms with E-state index < -0.39 is 5.60 Å². The van der Waals surface area contributed by atoms with Gasteiger partial charge in [-0.2, -0.15) is 0 Å². The van der Waals surface area contributed by atoms with Gasteiger partial charge in [-0.1, -0.05) is 63.9 Å². The fourth-order valence-corrected chi connectivity index (χ4v) is 2.63. The van der Waals surface area contributed by atoms with Gasteiger partial charge in [0.2, 0.25) is 0 Å². The van der Waals surface area contributed by atoms with Crippen LogP contribution in [0.3, 0.4) is 0 Å². The van der Waals surface area contributed by atoms with Crippen LogP contribution in [0.4, 0.5) is 0 Å². The van der Waals surface area contributed by atoms with E-state index in [0.717, 1.165) is 31.2 Å². The van der Waals surface area contributed by atoms with Gasteiger partial charge in [-0.3, -0.25) is 0 Å². The summed E-state index contributed by atoms with van der Waals surface area (Å²) >= 11 is 0. The highest BCUT2D eigenvalue weighted by atomic mass is 16.3. The van der Waals surface area contributed by atoms with Gasteiger partial charge in [0.05, 0.1) is 5.60 Å². The van der Waals surface area contributed by atoms with E-state index >= 15 is 0 Å². The predicted octanol–water partition coefficient (Wildman–Crippen LogP) is 4.31. The first kappa shape index (κ1) is 14.2. The standard InChI is InChI=1S/C16H25O/c1-4-10-14(11-5-2)16(17,6-3)15-12-8-7-9-13-15/h7-9,12-14,17H,3-6,10-11H2,1-2H3. The van der Waals surface area contributed by atoms with Gasteiger partial charge in [0.25, 0.3) is 0 Å². The van der Waals surface area contributed by atoms with Crippen LogP contribution >= 0.6 is 0 Å². The molecule has 1 N–H and O–H groups in total. The lowest BCUT2D eigenvalue weighted by Gasteiger charge is -2.36. The highest BCUT2D eigenvalue weighted by molar-refractivity contribution is 5.23. The summed E-state index contributed by atoms with van der Waals surface area (Å²) in [6, 6.07) is 10.0. The third kappa shape index (κ3) is 3.32. The second kappa shape index (κ2) is 6.80. The van der Waals surface area contributed by atoms with Gasteiger partial charge < -0.3 is 5.11 Å². The van der Waals surface area contributed by atoms with Crippen LogP contribution in [0.15, 0.2) is 30.3 Å². The van der Waals surface area contributed by atoms with Crippen molar-refractivity contribution in [2.24, 2.45) is 5.92 Å². The Bertz CT molecular complexity index is 301. The second-order valence-corrected chi connectivity index (χ2v) is 4.81. The van der Waals surface area contributed by atoms with E-state index in [0.29, 0.717) is 12.3 Å². The fourth-order valence-electron chi connectivity index (χ4n) is 2.63. The fraction of sp³-hybridized carbons (Fsp3) is 0.562. The summed E-state index contributed by atoms with van der Waals surface area (Å²) in [6.45, 7) is 8.33. The summed E-state index contributed by atoms with van der Waals surface area (Å²) < 4.78 is 0. The molecule has 0 aliphatic heterocycles. The van der Waals surface area contributed by atoms with Crippen LogP contribution in [-0.4, -0.2) is 5.11 Å². The average Bonchev–Trinajstić information content (AvgIpc) is 2.38. The first-order valence-corrected chi connectivity index (χ1v) is 6.76. The highest BCUT2D eigenvalue weighted by Gasteiger charge is 2.35. The Hall–Kier alpha value is -0.820. The molecule has 1 rings (SSSR count). The highest BCUT2D eigenvalue weighted by Crippen LogP contribution is 2.38. The molecule has 17 heavy (non-hydrogen) atoms. The number of rotatable bonds is 7. The third-order valence-corrected chi connectivity index (χ3v) is 3.60. The maximum absolute atomic E-state index is 11.0. The molecule has 0 heterocycles. The lowest BCUT2D eigenvalue weighted by molar-refractivity contribution is -0.0301. The number of aliphatic hydroxyl groups is 1. The molecule has 1 radical (unpaired) electrons. The van der Waals surface area contributed by atoms with Gasteiger partial charge in [-0.15, -0.1) is 0 Å². The predicted molar refractivity (Wildman–Crippen MR) is 73.6 cm³/mol. The molecule has 0 saturated carbocycles. The normalized spacial score (nSPS) is 14.9. The average molecular weight is 233 g/mol. The summed E-state index contributed by atoms with van der Waals surface area (Å²) in [7, 11) is 0. The van der Waals surface area contributed by atoms with Gasteiger partial charge >= 0.3 is 0 Å². The maximum atomic E-state index is 11.0. The van der Waals surface area contributed by atoms with Crippen LogP contribution in [0, 0.1) is 12.8 Å². The Kier molecular flexibility index (Phi) is 5.70. The quantitative estimate of drug-likeness (QED) is 0.744. The van der Waals surface area contributed by atoms with Crippen molar-refractivity contribution in [2.45, 2.75) is 51.6 Å². The van der Waals surface area contributed by atoms with Crippen molar-refractivity contribution < 1.29 is 5.11 Å². The molecule has 95 valence electrons. The van der Waals surface area contributed by atoms with Gasteiger partial charge in [-0.25, -0.2) is 0 Å². The van der Waals surface area contributed by atoms with Crippen molar-refractivity contribution in [3.63, 3.8) is 0 Å². The molecule has 1 aromatic rings. The minimum atomic E-state index is -0.757. The van der Waals surface area contributed by atoms with E-state index in [1.165, 1.54) is 0 Å². The van der Waals surface area contributed by atoms with Crippen LogP contribution < -0.4 is 0 Å². The van der Waals surface area contributed by atoms with Crippen molar-refractivity contribution >= 4 is 0 Å². The summed E-state index contributed by atoms with van der Waals surface area (Å²) in [5.41, 5.74) is 0.259. The van der Waals surface area contributed by atoms with E-state index in [1.807, 2.05) is 30.3 Å². The molecule has 0 aliphatic rings. The van der Waals surface area contributed by atoms with Crippen molar-refractivity contribution in [1.29, 1.82) is 0 Å². The summed E-state index contributed by atoms with van der Waals surface area (Å²) in [6.07, 6.45) is 4.89. The zero-order valence-electron chi connectivity index (χ0n) is 11.2. The Balaban J connectivity index is 2.99. The first-order valence-electron chi connectivity index (χ1n) is 6.76. The summed E-state index contributed by atoms with van der Waals surface area (Å²) in [5, 5.41) is 11.0. The smallest absolute Gasteiger partial charge is 0.0924 e. The van der Waals surface area contributed by atoms with Crippen LogP contribution in [0.1, 0.15) is 51.5 Å². The van der Waals surface area contributed by atoms with E-state index in [4.69, 9.17) is 0 Å². The summed E-state index contributed by atoms with van der Waals surface area (Å²) in [5.74, 6) is 0.317. The monoisotopic (exact) mass is 233 g/mol. The molecular weight excluding hydrogens is 208 g/mol. The van der Waals surface area contributed by atoms with E-state index in [-0.39, 0.29) is 0 Å². The van der Waals surface area contributed by atoms with Crippen molar-refractivity contribution in [3.05, 3.63) is 42.8 Å². The molecule has 1 heteroatoms. The summed E-state index contributed by atoms with van der Waals surface area (Å²) in [4.78, 5) is 0. The largest absolute Gasteiger partial charge is 0.385 e. The second-order valence-electron chi connectivity index (χ2n) is 4.81. The molecule has 0 fully saturated rings. The molecule has 1 atom stereocenters. The SMILES string of the molecule is [CH2]CC(O)(c1ccccc1)C(CCC)CCC. The van der Waals surface area contributed by atoms with Gasteiger partial charge in [-0.05, 0) is 30.7 Å².